The van der Waals surface area contributed by atoms with Gasteiger partial charge in [0.2, 0.25) is 5.91 Å². The number of rotatable bonds is 5. The van der Waals surface area contributed by atoms with E-state index in [0.717, 1.165) is 5.56 Å². The number of carbonyl (C=O) groups excluding carboxylic acids is 1. The Morgan fingerprint density at radius 3 is 2.25 bits per heavy atom. The molecule has 20 heavy (non-hydrogen) atoms. The number of benzene rings is 1. The third kappa shape index (κ3) is 3.56. The number of likely N-dealkylation sites (N-methyl/N-ethyl adjacent to an activating group) is 1. The van der Waals surface area contributed by atoms with Gasteiger partial charge in [0.05, 0.1) is 0 Å². The van der Waals surface area contributed by atoms with Crippen LogP contribution in [0.5, 0.6) is 0 Å². The highest BCUT2D eigenvalue weighted by atomic mass is 19.1. The minimum absolute atomic E-state index is 0.102. The van der Waals surface area contributed by atoms with Crippen molar-refractivity contribution in [3.63, 3.8) is 0 Å². The molecule has 0 aliphatic carbocycles. The summed E-state index contributed by atoms with van der Waals surface area (Å²) >= 11 is 0. The first-order valence-electron chi connectivity index (χ1n) is 6.41. The van der Waals surface area contributed by atoms with Crippen LogP contribution in [0.25, 0.3) is 0 Å². The minimum Gasteiger partial charge on any atom is -0.480 e. The molecule has 1 aromatic carbocycles. The summed E-state index contributed by atoms with van der Waals surface area (Å²) in [5, 5.41) is 9.11. The molecule has 4 nitrogen and oxygen atoms in total. The molecule has 1 unspecified atom stereocenters. The fourth-order valence-corrected chi connectivity index (χ4v) is 1.76. The fourth-order valence-electron chi connectivity index (χ4n) is 1.76. The number of carboxylic acids is 1. The largest absolute Gasteiger partial charge is 0.480 e. The molecule has 0 saturated carbocycles. The van der Waals surface area contributed by atoms with Crippen LogP contribution in [0.1, 0.15) is 38.7 Å². The van der Waals surface area contributed by atoms with Crippen molar-refractivity contribution in [2.45, 2.75) is 38.6 Å². The number of carboxylic acid groups (broad SMARTS) is 1. The summed E-state index contributed by atoms with van der Waals surface area (Å²) in [6.07, 6.45) is 0.179. The molecule has 1 amide bonds. The lowest BCUT2D eigenvalue weighted by atomic mass is 9.95. The van der Waals surface area contributed by atoms with Gasteiger partial charge in [0.15, 0.2) is 0 Å². The number of amides is 1. The maximum Gasteiger partial charge on any atom is 0.329 e. The van der Waals surface area contributed by atoms with E-state index in [1.807, 2.05) is 6.92 Å². The summed E-state index contributed by atoms with van der Waals surface area (Å²) in [6.45, 7) is 4.82. The summed E-state index contributed by atoms with van der Waals surface area (Å²) in [4.78, 5) is 24.5. The molecule has 0 saturated heterocycles. The van der Waals surface area contributed by atoms with Crippen LogP contribution >= 0.6 is 0 Å². The fraction of sp³-hybridized carbons (Fsp3) is 0.467. The van der Waals surface area contributed by atoms with Crippen LogP contribution in [0.4, 0.5) is 4.39 Å². The van der Waals surface area contributed by atoms with Crippen LogP contribution < -0.4 is 0 Å². The minimum atomic E-state index is -1.25. The number of nitrogens with zero attached hydrogens (tertiary/aromatic N) is 1. The zero-order valence-electron chi connectivity index (χ0n) is 12.2. The van der Waals surface area contributed by atoms with E-state index >= 15 is 0 Å². The van der Waals surface area contributed by atoms with Crippen LogP contribution in [-0.4, -0.2) is 34.5 Å². The average molecular weight is 281 g/mol. The summed E-state index contributed by atoms with van der Waals surface area (Å²) in [6, 6.07) is 5.97. The van der Waals surface area contributed by atoms with Gasteiger partial charge >= 0.3 is 5.97 Å². The Morgan fingerprint density at radius 2 is 1.80 bits per heavy atom. The molecule has 0 aromatic heterocycles. The van der Waals surface area contributed by atoms with E-state index in [2.05, 4.69) is 0 Å². The van der Waals surface area contributed by atoms with Crippen molar-refractivity contribution in [1.82, 2.24) is 4.90 Å². The van der Waals surface area contributed by atoms with Crippen molar-refractivity contribution in [2.75, 3.05) is 7.05 Å². The van der Waals surface area contributed by atoms with E-state index in [1.165, 1.54) is 37.9 Å². The van der Waals surface area contributed by atoms with Gasteiger partial charge in [-0.1, -0.05) is 19.1 Å². The van der Waals surface area contributed by atoms with Crippen LogP contribution in [0.3, 0.4) is 0 Å². The molecule has 0 spiro atoms. The van der Waals surface area contributed by atoms with E-state index in [1.54, 1.807) is 12.1 Å². The van der Waals surface area contributed by atoms with Gasteiger partial charge in [-0.3, -0.25) is 4.79 Å². The smallest absolute Gasteiger partial charge is 0.329 e. The predicted molar refractivity (Wildman–Crippen MR) is 73.9 cm³/mol. The number of hydrogen-bond donors (Lipinski definition) is 1. The Bertz CT molecular complexity index is 496. The summed E-state index contributed by atoms with van der Waals surface area (Å²) in [7, 11) is 1.48. The molecule has 0 fully saturated rings. The van der Waals surface area contributed by atoms with E-state index < -0.39 is 11.5 Å². The average Bonchev–Trinajstić information content (AvgIpc) is 2.38. The Balaban J connectivity index is 2.75. The number of carbonyl (C=O) groups is 2. The highest BCUT2D eigenvalue weighted by Crippen LogP contribution is 2.22. The van der Waals surface area contributed by atoms with Gasteiger partial charge in [-0.05, 0) is 37.5 Å². The first-order valence-corrected chi connectivity index (χ1v) is 6.41. The van der Waals surface area contributed by atoms with Crippen LogP contribution in [0.2, 0.25) is 0 Å². The van der Waals surface area contributed by atoms with E-state index in [0.29, 0.717) is 0 Å². The first-order chi connectivity index (χ1) is 9.16. The van der Waals surface area contributed by atoms with Gasteiger partial charge < -0.3 is 10.0 Å². The van der Waals surface area contributed by atoms with Gasteiger partial charge in [0.1, 0.15) is 11.4 Å². The third-order valence-electron chi connectivity index (χ3n) is 3.66. The standard InChI is InChI=1S/C15H20FNO3/c1-10(11-5-7-12(16)8-6-11)9-13(18)17(4)15(2,3)14(19)20/h5-8,10H,9H2,1-4H3,(H,19,20). The van der Waals surface area contributed by atoms with Crippen LogP contribution in [0, 0.1) is 5.82 Å². The van der Waals surface area contributed by atoms with Crippen LogP contribution in [0.15, 0.2) is 24.3 Å². The lowest BCUT2D eigenvalue weighted by molar-refractivity contribution is -0.155. The van der Waals surface area contributed by atoms with E-state index in [9.17, 15) is 14.0 Å². The first kappa shape index (κ1) is 16.1. The maximum atomic E-state index is 12.8. The Kier molecular flexibility index (Phi) is 4.87. The number of aliphatic carboxylic acids is 1. The van der Waals surface area contributed by atoms with Crippen molar-refractivity contribution in [1.29, 1.82) is 0 Å². The lowest BCUT2D eigenvalue weighted by Crippen LogP contribution is -2.50. The molecule has 0 bridgehead atoms. The molecule has 5 heteroatoms. The van der Waals surface area contributed by atoms with Gasteiger partial charge in [-0.2, -0.15) is 0 Å². The topological polar surface area (TPSA) is 57.6 Å². The molecule has 0 aliphatic rings. The maximum absolute atomic E-state index is 12.8. The molecule has 1 rings (SSSR count). The molecule has 1 aromatic rings. The lowest BCUT2D eigenvalue weighted by Gasteiger charge is -2.32. The van der Waals surface area contributed by atoms with Gasteiger partial charge in [-0.15, -0.1) is 0 Å². The molecular weight excluding hydrogens is 261 g/mol. The Labute approximate surface area is 118 Å². The highest BCUT2D eigenvalue weighted by Gasteiger charge is 2.35. The van der Waals surface area contributed by atoms with Crippen molar-refractivity contribution in [3.05, 3.63) is 35.6 Å². The SMILES string of the molecule is CC(CC(=O)N(C)C(C)(C)C(=O)O)c1ccc(F)cc1. The zero-order chi connectivity index (χ0) is 15.5. The van der Waals surface area contributed by atoms with Gasteiger partial charge in [0.25, 0.3) is 0 Å². The highest BCUT2D eigenvalue weighted by molar-refractivity contribution is 5.86. The molecule has 0 radical (unpaired) electrons. The number of halogens is 1. The van der Waals surface area contributed by atoms with Crippen LogP contribution in [-0.2, 0) is 9.59 Å². The quantitative estimate of drug-likeness (QED) is 0.902. The molecule has 110 valence electrons. The van der Waals surface area contributed by atoms with Crippen molar-refractivity contribution >= 4 is 11.9 Å². The van der Waals surface area contributed by atoms with Crippen molar-refractivity contribution in [3.8, 4) is 0 Å². The monoisotopic (exact) mass is 281 g/mol. The second kappa shape index (κ2) is 6.03. The summed E-state index contributed by atoms with van der Waals surface area (Å²) in [5.74, 6) is -1.73. The molecule has 1 N–H and O–H groups in total. The third-order valence-corrected chi connectivity index (χ3v) is 3.66. The normalized spacial score (nSPS) is 12.8. The van der Waals surface area contributed by atoms with E-state index in [-0.39, 0.29) is 24.1 Å². The second-order valence-electron chi connectivity index (χ2n) is 5.47. The zero-order valence-corrected chi connectivity index (χ0v) is 12.2. The molecule has 0 heterocycles. The Morgan fingerprint density at radius 1 is 1.30 bits per heavy atom. The predicted octanol–water partition coefficient (Wildman–Crippen LogP) is 2.64. The van der Waals surface area contributed by atoms with Gasteiger partial charge in [-0.25, -0.2) is 9.18 Å². The summed E-state index contributed by atoms with van der Waals surface area (Å²) in [5.41, 5.74) is -0.402. The molecular formula is C15H20FNO3. The van der Waals surface area contributed by atoms with E-state index in [4.69, 9.17) is 5.11 Å². The molecule has 1 atom stereocenters. The van der Waals surface area contributed by atoms with Crippen molar-refractivity contribution in [2.24, 2.45) is 0 Å². The van der Waals surface area contributed by atoms with Gasteiger partial charge in [0, 0.05) is 13.5 Å². The molecule has 0 aliphatic heterocycles. The van der Waals surface area contributed by atoms with Crippen molar-refractivity contribution < 1.29 is 19.1 Å². The number of hydrogen-bond acceptors (Lipinski definition) is 2. The summed E-state index contributed by atoms with van der Waals surface area (Å²) < 4.78 is 12.8. The Hall–Kier alpha value is -1.91. The second-order valence-corrected chi connectivity index (χ2v) is 5.47.